The summed E-state index contributed by atoms with van der Waals surface area (Å²) in [6, 6.07) is 7.91. The minimum Gasteiger partial charge on any atom is -0.481 e. The van der Waals surface area contributed by atoms with Crippen LogP contribution < -0.4 is 4.90 Å². The summed E-state index contributed by atoms with van der Waals surface area (Å²) in [5.41, 5.74) is 2.13. The summed E-state index contributed by atoms with van der Waals surface area (Å²) >= 11 is 0. The highest BCUT2D eigenvalue weighted by Crippen LogP contribution is 2.49. The first-order chi connectivity index (χ1) is 10.2. The number of carbonyl (C=O) groups excluding carboxylic acids is 1. The van der Waals surface area contributed by atoms with Gasteiger partial charge in [-0.3, -0.25) is 9.59 Å². The van der Waals surface area contributed by atoms with E-state index >= 15 is 0 Å². The predicted molar refractivity (Wildman–Crippen MR) is 77.9 cm³/mol. The normalized spacial score (nSPS) is 32.5. The molecule has 0 radical (unpaired) electrons. The van der Waals surface area contributed by atoms with E-state index in [0.717, 1.165) is 18.5 Å². The number of fused-ring (bicyclic) bond motifs is 3. The van der Waals surface area contributed by atoms with Gasteiger partial charge in [0.05, 0.1) is 11.8 Å². The summed E-state index contributed by atoms with van der Waals surface area (Å²) in [7, 11) is 0. The Bertz CT molecular complexity index is 651. The number of hydrogen-bond acceptors (Lipinski definition) is 2. The molecule has 4 atom stereocenters. The molecule has 21 heavy (non-hydrogen) atoms. The van der Waals surface area contributed by atoms with Gasteiger partial charge in [-0.25, -0.2) is 0 Å². The zero-order valence-electron chi connectivity index (χ0n) is 11.6. The van der Waals surface area contributed by atoms with Gasteiger partial charge in [-0.2, -0.15) is 0 Å². The molecule has 2 bridgehead atoms. The molecular formula is C17H17NO3. The number of allylic oxidation sites excluding steroid dienone is 2. The van der Waals surface area contributed by atoms with Gasteiger partial charge < -0.3 is 10.0 Å². The van der Waals surface area contributed by atoms with Crippen LogP contribution in [0.15, 0.2) is 36.4 Å². The Morgan fingerprint density at radius 3 is 2.57 bits per heavy atom. The second kappa shape index (κ2) is 4.45. The molecule has 0 aromatic heterocycles. The van der Waals surface area contributed by atoms with Crippen molar-refractivity contribution in [2.75, 3.05) is 11.4 Å². The number of anilines is 1. The Balaban J connectivity index is 1.67. The molecule has 2 aliphatic carbocycles. The van der Waals surface area contributed by atoms with Gasteiger partial charge in [-0.15, -0.1) is 0 Å². The van der Waals surface area contributed by atoms with Gasteiger partial charge in [-0.05, 0) is 36.3 Å². The summed E-state index contributed by atoms with van der Waals surface area (Å²) in [5, 5.41) is 9.49. The van der Waals surface area contributed by atoms with Crippen LogP contribution in [0.25, 0.3) is 0 Å². The van der Waals surface area contributed by atoms with E-state index in [0.29, 0.717) is 6.54 Å². The third-order valence-corrected chi connectivity index (χ3v) is 5.18. The quantitative estimate of drug-likeness (QED) is 0.846. The Kier molecular flexibility index (Phi) is 2.67. The number of carboxylic acids is 1. The lowest BCUT2D eigenvalue weighted by molar-refractivity contribution is -0.147. The van der Waals surface area contributed by atoms with Crippen LogP contribution in [0.5, 0.6) is 0 Å². The molecule has 0 unspecified atom stereocenters. The zero-order valence-corrected chi connectivity index (χ0v) is 11.6. The minimum absolute atomic E-state index is 0.01000. The van der Waals surface area contributed by atoms with E-state index in [1.807, 2.05) is 36.4 Å². The summed E-state index contributed by atoms with van der Waals surface area (Å²) in [5.74, 6) is -1.68. The fraction of sp³-hybridized carbons (Fsp3) is 0.412. The fourth-order valence-electron chi connectivity index (χ4n) is 4.24. The van der Waals surface area contributed by atoms with E-state index < -0.39 is 17.8 Å². The van der Waals surface area contributed by atoms with Gasteiger partial charge >= 0.3 is 5.97 Å². The van der Waals surface area contributed by atoms with Crippen molar-refractivity contribution in [1.29, 1.82) is 0 Å². The molecule has 1 heterocycles. The summed E-state index contributed by atoms with van der Waals surface area (Å²) in [4.78, 5) is 26.3. The first kappa shape index (κ1) is 12.6. The Morgan fingerprint density at radius 2 is 1.81 bits per heavy atom. The highest BCUT2D eigenvalue weighted by Gasteiger charge is 2.53. The van der Waals surface area contributed by atoms with Gasteiger partial charge in [0, 0.05) is 12.2 Å². The first-order valence-corrected chi connectivity index (χ1v) is 7.47. The monoisotopic (exact) mass is 283 g/mol. The number of carboxylic acid groups (broad SMARTS) is 1. The second-order valence-corrected chi connectivity index (χ2v) is 6.21. The number of carbonyl (C=O) groups is 2. The van der Waals surface area contributed by atoms with Crippen molar-refractivity contribution in [3.63, 3.8) is 0 Å². The molecule has 0 spiro atoms. The number of aliphatic carboxylic acids is 1. The fourth-order valence-corrected chi connectivity index (χ4v) is 4.24. The number of nitrogens with zero attached hydrogens (tertiary/aromatic N) is 1. The van der Waals surface area contributed by atoms with Gasteiger partial charge in [0.1, 0.15) is 0 Å². The average Bonchev–Trinajstić information content (AvgIpc) is 3.19. The van der Waals surface area contributed by atoms with Crippen LogP contribution >= 0.6 is 0 Å². The lowest BCUT2D eigenvalue weighted by Crippen LogP contribution is -2.42. The maximum absolute atomic E-state index is 12.9. The van der Waals surface area contributed by atoms with Crippen LogP contribution in [0.1, 0.15) is 12.0 Å². The standard InChI is InChI=1S/C17H17NO3/c19-16(18-8-7-10-3-1-2-4-13(10)18)14-11-5-6-12(9-11)15(14)17(20)21/h1-6,11-12,14-15H,7-9H2,(H,20,21)/t11-,12-,14+,15-/m0/s1. The number of hydrogen-bond donors (Lipinski definition) is 1. The summed E-state index contributed by atoms with van der Waals surface area (Å²) in [6.45, 7) is 0.669. The van der Waals surface area contributed by atoms with Crippen LogP contribution in [0.2, 0.25) is 0 Å². The molecule has 1 aliphatic heterocycles. The highest BCUT2D eigenvalue weighted by molar-refractivity contribution is 5.99. The summed E-state index contributed by atoms with van der Waals surface area (Å²) in [6.07, 6.45) is 5.68. The smallest absolute Gasteiger partial charge is 0.307 e. The van der Waals surface area contributed by atoms with E-state index in [4.69, 9.17) is 0 Å². The van der Waals surface area contributed by atoms with Crippen molar-refractivity contribution in [3.8, 4) is 0 Å². The molecule has 0 saturated heterocycles. The molecule has 1 aromatic carbocycles. The molecule has 4 rings (SSSR count). The van der Waals surface area contributed by atoms with Crippen LogP contribution in [0.3, 0.4) is 0 Å². The first-order valence-electron chi connectivity index (χ1n) is 7.47. The van der Waals surface area contributed by atoms with Crippen molar-refractivity contribution < 1.29 is 14.7 Å². The van der Waals surface area contributed by atoms with Gasteiger partial charge in [-0.1, -0.05) is 30.4 Å². The molecule has 1 amide bonds. The maximum Gasteiger partial charge on any atom is 0.307 e. The molecule has 108 valence electrons. The van der Waals surface area contributed by atoms with Crippen LogP contribution in [0.4, 0.5) is 5.69 Å². The van der Waals surface area contributed by atoms with Crippen molar-refractivity contribution in [2.24, 2.45) is 23.7 Å². The lowest BCUT2D eigenvalue weighted by atomic mass is 9.82. The molecule has 4 heteroatoms. The van der Waals surface area contributed by atoms with Crippen molar-refractivity contribution in [1.82, 2.24) is 0 Å². The minimum atomic E-state index is -0.835. The molecule has 3 aliphatic rings. The molecule has 1 fully saturated rings. The maximum atomic E-state index is 12.9. The largest absolute Gasteiger partial charge is 0.481 e. The molecule has 1 aromatic rings. The van der Waals surface area contributed by atoms with Crippen molar-refractivity contribution in [2.45, 2.75) is 12.8 Å². The number of rotatable bonds is 2. The lowest BCUT2D eigenvalue weighted by Gasteiger charge is -2.28. The van der Waals surface area contributed by atoms with E-state index in [1.165, 1.54) is 5.56 Å². The van der Waals surface area contributed by atoms with Crippen LogP contribution in [-0.4, -0.2) is 23.5 Å². The Hall–Kier alpha value is -2.10. The van der Waals surface area contributed by atoms with Crippen LogP contribution in [0, 0.1) is 23.7 Å². The third kappa shape index (κ3) is 1.75. The Labute approximate surface area is 123 Å². The Morgan fingerprint density at radius 1 is 1.10 bits per heavy atom. The molecular weight excluding hydrogens is 266 g/mol. The van der Waals surface area contributed by atoms with E-state index in [-0.39, 0.29) is 17.7 Å². The second-order valence-electron chi connectivity index (χ2n) is 6.21. The highest BCUT2D eigenvalue weighted by atomic mass is 16.4. The number of benzene rings is 1. The molecule has 4 nitrogen and oxygen atoms in total. The average molecular weight is 283 g/mol. The molecule has 1 saturated carbocycles. The third-order valence-electron chi connectivity index (χ3n) is 5.18. The predicted octanol–water partition coefficient (Wildman–Crippen LogP) is 2.10. The van der Waals surface area contributed by atoms with Crippen molar-refractivity contribution in [3.05, 3.63) is 42.0 Å². The molecule has 1 N–H and O–H groups in total. The zero-order chi connectivity index (χ0) is 14.6. The van der Waals surface area contributed by atoms with E-state index in [2.05, 4.69) is 0 Å². The topological polar surface area (TPSA) is 57.6 Å². The number of para-hydroxylation sites is 1. The van der Waals surface area contributed by atoms with Crippen LogP contribution in [-0.2, 0) is 16.0 Å². The SMILES string of the molecule is O=C(O)[C@@H]1[C@H](C(=O)N2CCc3ccccc32)[C@H]2C=C[C@H]1C2. The summed E-state index contributed by atoms with van der Waals surface area (Å²) < 4.78 is 0. The van der Waals surface area contributed by atoms with E-state index in [9.17, 15) is 14.7 Å². The van der Waals surface area contributed by atoms with Gasteiger partial charge in [0.15, 0.2) is 0 Å². The van der Waals surface area contributed by atoms with Gasteiger partial charge in [0.2, 0.25) is 5.91 Å². The van der Waals surface area contributed by atoms with E-state index in [1.54, 1.807) is 4.90 Å². The van der Waals surface area contributed by atoms with Gasteiger partial charge in [0.25, 0.3) is 0 Å². The number of amides is 1. The van der Waals surface area contributed by atoms with Crippen molar-refractivity contribution >= 4 is 17.6 Å².